The number of carbonyl (C=O) groups excluding carboxylic acids is 1. The summed E-state index contributed by atoms with van der Waals surface area (Å²) in [6.45, 7) is 5.25. The molecule has 0 saturated carbocycles. The summed E-state index contributed by atoms with van der Waals surface area (Å²) in [5, 5.41) is 0. The molecule has 0 aliphatic rings. The van der Waals surface area contributed by atoms with Gasteiger partial charge in [0.15, 0.2) is 0 Å². The van der Waals surface area contributed by atoms with Crippen LogP contribution in [0, 0.1) is 0 Å². The third-order valence-electron chi connectivity index (χ3n) is 12.7. The molecule has 0 rings (SSSR count). The van der Waals surface area contributed by atoms with Crippen molar-refractivity contribution in [3.8, 4) is 0 Å². The number of unbranched alkanes of at least 4 members (excludes halogenated alkanes) is 47. The summed E-state index contributed by atoms with van der Waals surface area (Å²) < 4.78 is 5.51. The Morgan fingerprint density at radius 1 is 0.232 bits per heavy atom. The maximum atomic E-state index is 12.1. The molecule has 0 fully saturated rings. The number of hydrogen-bond donors (Lipinski definition) is 0. The molecule has 0 aromatic rings. The molecular formula is C54H108O2. The molecule has 336 valence electrons. The molecule has 0 radical (unpaired) electrons. The number of esters is 1. The van der Waals surface area contributed by atoms with Crippen LogP contribution in [0.2, 0.25) is 0 Å². The van der Waals surface area contributed by atoms with Crippen LogP contribution in [0.4, 0.5) is 0 Å². The van der Waals surface area contributed by atoms with Crippen molar-refractivity contribution in [2.45, 2.75) is 335 Å². The van der Waals surface area contributed by atoms with E-state index in [-0.39, 0.29) is 5.97 Å². The molecule has 0 unspecified atom stereocenters. The summed E-state index contributed by atoms with van der Waals surface area (Å²) in [6, 6.07) is 0. The first kappa shape index (κ1) is 55.5. The van der Waals surface area contributed by atoms with Crippen molar-refractivity contribution in [3.05, 3.63) is 0 Å². The molecule has 0 aliphatic heterocycles. The smallest absolute Gasteiger partial charge is 0.305 e. The Kier molecular flexibility index (Phi) is 52.0. The zero-order valence-corrected chi connectivity index (χ0v) is 39.4. The minimum Gasteiger partial charge on any atom is -0.466 e. The first-order chi connectivity index (χ1) is 27.8. The van der Waals surface area contributed by atoms with Gasteiger partial charge in [0.1, 0.15) is 0 Å². The average Bonchev–Trinajstić information content (AvgIpc) is 3.20. The summed E-state index contributed by atoms with van der Waals surface area (Å²) in [5.41, 5.74) is 0. The second-order valence-corrected chi connectivity index (χ2v) is 18.6. The summed E-state index contributed by atoms with van der Waals surface area (Å²) in [6.07, 6.45) is 69.8. The van der Waals surface area contributed by atoms with Crippen LogP contribution in [0.25, 0.3) is 0 Å². The molecule has 0 atom stereocenters. The Bertz CT molecular complexity index is 688. The zero-order valence-electron chi connectivity index (χ0n) is 39.4. The molecule has 2 heteroatoms. The van der Waals surface area contributed by atoms with Crippen LogP contribution in [0.15, 0.2) is 0 Å². The molecule has 0 spiro atoms. The van der Waals surface area contributed by atoms with Crippen LogP contribution in [-0.4, -0.2) is 12.6 Å². The fourth-order valence-electron chi connectivity index (χ4n) is 8.73. The van der Waals surface area contributed by atoms with Gasteiger partial charge in [0.25, 0.3) is 0 Å². The summed E-state index contributed by atoms with van der Waals surface area (Å²) in [7, 11) is 0. The first-order valence-corrected chi connectivity index (χ1v) is 27.0. The molecule has 0 amide bonds. The fourth-order valence-corrected chi connectivity index (χ4v) is 8.73. The third-order valence-corrected chi connectivity index (χ3v) is 12.7. The van der Waals surface area contributed by atoms with Crippen molar-refractivity contribution >= 4 is 5.97 Å². The summed E-state index contributed by atoms with van der Waals surface area (Å²) >= 11 is 0. The van der Waals surface area contributed by atoms with E-state index < -0.39 is 0 Å². The van der Waals surface area contributed by atoms with Gasteiger partial charge in [0, 0.05) is 6.42 Å². The van der Waals surface area contributed by atoms with Gasteiger partial charge in [0.2, 0.25) is 0 Å². The molecule has 2 nitrogen and oxygen atoms in total. The van der Waals surface area contributed by atoms with E-state index in [1.54, 1.807) is 0 Å². The first-order valence-electron chi connectivity index (χ1n) is 27.0. The second kappa shape index (κ2) is 52.5. The van der Waals surface area contributed by atoms with Crippen molar-refractivity contribution in [1.82, 2.24) is 0 Å². The van der Waals surface area contributed by atoms with E-state index in [4.69, 9.17) is 4.74 Å². The summed E-state index contributed by atoms with van der Waals surface area (Å²) in [4.78, 5) is 12.1. The summed E-state index contributed by atoms with van der Waals surface area (Å²) in [5.74, 6) is 0.0353. The van der Waals surface area contributed by atoms with Gasteiger partial charge in [-0.05, 0) is 12.8 Å². The highest BCUT2D eigenvalue weighted by Crippen LogP contribution is 2.18. The largest absolute Gasteiger partial charge is 0.466 e. The predicted molar refractivity (Wildman–Crippen MR) is 253 cm³/mol. The molecule has 0 aromatic carbocycles. The Hall–Kier alpha value is -0.530. The van der Waals surface area contributed by atoms with E-state index in [1.807, 2.05) is 0 Å². The SMILES string of the molecule is CCCCCCCCCCCCCCCCCCCCCCCCCCCCCC(=O)OCCCCCCCCCCCCCCCCCCCCCCCC. The van der Waals surface area contributed by atoms with Gasteiger partial charge in [-0.15, -0.1) is 0 Å². The van der Waals surface area contributed by atoms with Gasteiger partial charge in [0.05, 0.1) is 6.61 Å². The normalized spacial score (nSPS) is 11.5. The maximum absolute atomic E-state index is 12.1. The van der Waals surface area contributed by atoms with Gasteiger partial charge in [-0.1, -0.05) is 316 Å². The van der Waals surface area contributed by atoms with Crippen LogP contribution >= 0.6 is 0 Å². The monoisotopic (exact) mass is 789 g/mol. The van der Waals surface area contributed by atoms with E-state index in [9.17, 15) is 4.79 Å². The molecular weight excluding hydrogens is 681 g/mol. The fraction of sp³-hybridized carbons (Fsp3) is 0.981. The minimum atomic E-state index is 0.0353. The lowest BCUT2D eigenvalue weighted by Crippen LogP contribution is -2.05. The Labute approximate surface area is 355 Å². The van der Waals surface area contributed by atoms with Crippen LogP contribution in [0.3, 0.4) is 0 Å². The lowest BCUT2D eigenvalue weighted by Gasteiger charge is -2.06. The Morgan fingerprint density at radius 2 is 0.393 bits per heavy atom. The number of rotatable bonds is 51. The van der Waals surface area contributed by atoms with Gasteiger partial charge in [-0.25, -0.2) is 0 Å². The van der Waals surface area contributed by atoms with Crippen LogP contribution in [0.1, 0.15) is 335 Å². The van der Waals surface area contributed by atoms with Crippen molar-refractivity contribution < 1.29 is 9.53 Å². The van der Waals surface area contributed by atoms with Gasteiger partial charge in [-0.3, -0.25) is 4.79 Å². The molecule has 56 heavy (non-hydrogen) atoms. The molecule has 0 aliphatic carbocycles. The Morgan fingerprint density at radius 3 is 0.589 bits per heavy atom. The van der Waals surface area contributed by atoms with Gasteiger partial charge >= 0.3 is 5.97 Å². The Balaban J connectivity index is 3.14. The molecule has 0 bridgehead atoms. The van der Waals surface area contributed by atoms with Crippen molar-refractivity contribution in [3.63, 3.8) is 0 Å². The van der Waals surface area contributed by atoms with E-state index in [1.165, 1.54) is 302 Å². The highest BCUT2D eigenvalue weighted by molar-refractivity contribution is 5.69. The number of carbonyl (C=O) groups is 1. The molecule has 0 saturated heterocycles. The predicted octanol–water partition coefficient (Wildman–Crippen LogP) is 20.1. The van der Waals surface area contributed by atoms with E-state index in [2.05, 4.69) is 13.8 Å². The van der Waals surface area contributed by atoms with E-state index in [0.717, 1.165) is 12.8 Å². The lowest BCUT2D eigenvalue weighted by atomic mass is 10.0. The lowest BCUT2D eigenvalue weighted by molar-refractivity contribution is -0.143. The maximum Gasteiger partial charge on any atom is 0.305 e. The van der Waals surface area contributed by atoms with Crippen LogP contribution in [0.5, 0.6) is 0 Å². The third kappa shape index (κ3) is 51.5. The molecule has 0 N–H and O–H groups in total. The topological polar surface area (TPSA) is 26.3 Å². The van der Waals surface area contributed by atoms with Crippen molar-refractivity contribution in [2.24, 2.45) is 0 Å². The van der Waals surface area contributed by atoms with Crippen molar-refractivity contribution in [2.75, 3.05) is 6.61 Å². The van der Waals surface area contributed by atoms with Crippen molar-refractivity contribution in [1.29, 1.82) is 0 Å². The van der Waals surface area contributed by atoms with E-state index >= 15 is 0 Å². The molecule has 0 aromatic heterocycles. The minimum absolute atomic E-state index is 0.0353. The van der Waals surface area contributed by atoms with Gasteiger partial charge < -0.3 is 4.74 Å². The highest BCUT2D eigenvalue weighted by atomic mass is 16.5. The van der Waals surface area contributed by atoms with Crippen LogP contribution in [-0.2, 0) is 9.53 Å². The highest BCUT2D eigenvalue weighted by Gasteiger charge is 2.03. The zero-order chi connectivity index (χ0) is 40.3. The number of hydrogen-bond acceptors (Lipinski definition) is 2. The standard InChI is InChI=1S/C54H108O2/c1-3-5-7-9-11-13-15-17-19-21-23-25-27-28-29-30-31-32-34-36-38-40-42-44-46-48-50-52-54(55)56-53-51-49-47-45-43-41-39-37-35-33-26-24-22-20-18-16-14-12-10-8-6-4-2/h3-53H2,1-2H3. The van der Waals surface area contributed by atoms with Crippen LogP contribution < -0.4 is 0 Å². The quantitative estimate of drug-likeness (QED) is 0.0453. The number of ether oxygens (including phenoxy) is 1. The van der Waals surface area contributed by atoms with Gasteiger partial charge in [-0.2, -0.15) is 0 Å². The molecule has 0 heterocycles. The average molecular weight is 789 g/mol. The second-order valence-electron chi connectivity index (χ2n) is 18.6. The van der Waals surface area contributed by atoms with E-state index in [0.29, 0.717) is 13.0 Å².